The minimum absolute atomic E-state index is 0.117. The van der Waals surface area contributed by atoms with E-state index in [1.165, 1.54) is 11.3 Å². The van der Waals surface area contributed by atoms with Crippen LogP contribution in [0.4, 0.5) is 0 Å². The first-order valence-electron chi connectivity index (χ1n) is 8.02. The number of hydrogen-bond acceptors (Lipinski definition) is 5. The van der Waals surface area contributed by atoms with E-state index < -0.39 is 11.6 Å². The van der Waals surface area contributed by atoms with Crippen LogP contribution >= 0.6 is 11.3 Å². The molecule has 0 atom stereocenters. The van der Waals surface area contributed by atoms with Crippen LogP contribution in [0.3, 0.4) is 0 Å². The van der Waals surface area contributed by atoms with E-state index in [1.807, 2.05) is 4.90 Å². The van der Waals surface area contributed by atoms with Crippen molar-refractivity contribution < 1.29 is 19.4 Å². The number of carboxylic acid groups (broad SMARTS) is 1. The number of aromatic nitrogens is 1. The van der Waals surface area contributed by atoms with Crippen LogP contribution in [0.2, 0.25) is 0 Å². The Morgan fingerprint density at radius 3 is 2.43 bits per heavy atom. The number of carbonyl (C=O) groups is 2. The van der Waals surface area contributed by atoms with Crippen molar-refractivity contribution in [3.63, 3.8) is 0 Å². The number of amides is 1. The smallest absolute Gasteiger partial charge is 0.347 e. The highest BCUT2D eigenvalue weighted by molar-refractivity contribution is 7.13. The van der Waals surface area contributed by atoms with Crippen molar-refractivity contribution in [3.8, 4) is 0 Å². The van der Waals surface area contributed by atoms with Crippen LogP contribution in [-0.4, -0.2) is 52.7 Å². The van der Waals surface area contributed by atoms with Gasteiger partial charge in [0.25, 0.3) is 5.91 Å². The van der Waals surface area contributed by atoms with Gasteiger partial charge in [-0.3, -0.25) is 4.79 Å². The maximum atomic E-state index is 12.6. The Bertz CT molecular complexity index is 610. The van der Waals surface area contributed by atoms with Gasteiger partial charge in [-0.25, -0.2) is 9.78 Å². The average Bonchev–Trinajstić information content (AvgIpc) is 2.89. The molecule has 0 spiro atoms. The van der Waals surface area contributed by atoms with Gasteiger partial charge in [-0.1, -0.05) is 0 Å². The number of carbonyl (C=O) groups excluding carboxylic acids is 1. The standard InChI is InChI=1S/C16H22N2O4S/c1-10-12(14(19)20)23-13(17-10)11-4-8-18(9-5-11)15(21)16(22-2)6-3-7-16/h11H,3-9H2,1-2H3,(H,19,20). The van der Waals surface area contributed by atoms with Crippen LogP contribution in [0.25, 0.3) is 0 Å². The van der Waals surface area contributed by atoms with Crippen LogP contribution in [-0.2, 0) is 9.53 Å². The second kappa shape index (κ2) is 6.20. The summed E-state index contributed by atoms with van der Waals surface area (Å²) in [5, 5.41) is 10.0. The molecule has 1 aliphatic carbocycles. The average molecular weight is 338 g/mol. The molecule has 1 N–H and O–H groups in total. The molecule has 0 bridgehead atoms. The summed E-state index contributed by atoms with van der Waals surface area (Å²) < 4.78 is 5.48. The van der Waals surface area contributed by atoms with Gasteiger partial charge in [0, 0.05) is 26.1 Å². The number of rotatable bonds is 4. The largest absolute Gasteiger partial charge is 0.477 e. The normalized spacial score (nSPS) is 21.0. The highest BCUT2D eigenvalue weighted by Gasteiger charge is 2.47. The summed E-state index contributed by atoms with van der Waals surface area (Å²) in [6.45, 7) is 3.12. The van der Waals surface area contributed by atoms with E-state index in [-0.39, 0.29) is 11.8 Å². The Balaban J connectivity index is 1.63. The van der Waals surface area contributed by atoms with Crippen LogP contribution < -0.4 is 0 Å². The minimum atomic E-state index is -0.911. The lowest BCUT2D eigenvalue weighted by atomic mass is 9.78. The third kappa shape index (κ3) is 2.87. The second-order valence-electron chi connectivity index (χ2n) is 6.39. The maximum Gasteiger partial charge on any atom is 0.347 e. The van der Waals surface area contributed by atoms with Crippen molar-refractivity contribution >= 4 is 23.2 Å². The quantitative estimate of drug-likeness (QED) is 0.912. The monoisotopic (exact) mass is 338 g/mol. The van der Waals surface area contributed by atoms with Gasteiger partial charge in [-0.2, -0.15) is 0 Å². The molecule has 0 aromatic carbocycles. The Morgan fingerprint density at radius 2 is 2.00 bits per heavy atom. The summed E-state index contributed by atoms with van der Waals surface area (Å²) in [7, 11) is 1.62. The zero-order chi connectivity index (χ0) is 16.6. The van der Waals surface area contributed by atoms with Crippen molar-refractivity contribution in [2.45, 2.75) is 50.5 Å². The lowest BCUT2D eigenvalue weighted by molar-refractivity contribution is -0.167. The van der Waals surface area contributed by atoms with E-state index in [2.05, 4.69) is 4.98 Å². The number of carboxylic acids is 1. The summed E-state index contributed by atoms with van der Waals surface area (Å²) >= 11 is 1.27. The Kier molecular flexibility index (Phi) is 4.42. The van der Waals surface area contributed by atoms with Crippen LogP contribution in [0, 0.1) is 6.92 Å². The molecule has 0 unspecified atom stereocenters. The third-order valence-corrected chi connectivity index (χ3v) is 6.39. The topological polar surface area (TPSA) is 79.7 Å². The summed E-state index contributed by atoms with van der Waals surface area (Å²) in [5.74, 6) is -0.548. The van der Waals surface area contributed by atoms with E-state index >= 15 is 0 Å². The summed E-state index contributed by atoms with van der Waals surface area (Å²) in [4.78, 5) is 30.4. The lowest BCUT2D eigenvalue weighted by Gasteiger charge is -2.43. The SMILES string of the molecule is COC1(C(=O)N2CCC(c3nc(C)c(C(=O)O)s3)CC2)CCC1. The molecule has 1 amide bonds. The number of ether oxygens (including phenoxy) is 1. The second-order valence-corrected chi connectivity index (χ2v) is 7.42. The number of methoxy groups -OCH3 is 1. The first-order valence-corrected chi connectivity index (χ1v) is 8.83. The van der Waals surface area contributed by atoms with Crippen molar-refractivity contribution in [3.05, 3.63) is 15.6 Å². The van der Waals surface area contributed by atoms with Gasteiger partial charge < -0.3 is 14.7 Å². The molecule has 0 radical (unpaired) electrons. The van der Waals surface area contributed by atoms with E-state index in [0.717, 1.165) is 37.1 Å². The van der Waals surface area contributed by atoms with E-state index in [1.54, 1.807) is 14.0 Å². The highest BCUT2D eigenvalue weighted by Crippen LogP contribution is 2.39. The molecule has 1 aliphatic heterocycles. The molecular formula is C16H22N2O4S. The molecule has 2 heterocycles. The number of hydrogen-bond donors (Lipinski definition) is 1. The van der Waals surface area contributed by atoms with Crippen LogP contribution in [0.5, 0.6) is 0 Å². The molecule has 1 saturated heterocycles. The van der Waals surface area contributed by atoms with Crippen molar-refractivity contribution in [1.82, 2.24) is 9.88 Å². The van der Waals surface area contributed by atoms with E-state index in [4.69, 9.17) is 9.84 Å². The molecular weight excluding hydrogens is 316 g/mol. The number of nitrogens with zero attached hydrogens (tertiary/aromatic N) is 2. The first-order chi connectivity index (χ1) is 11.0. The Labute approximate surface area is 139 Å². The zero-order valence-electron chi connectivity index (χ0n) is 13.5. The minimum Gasteiger partial charge on any atom is -0.477 e. The van der Waals surface area contributed by atoms with Crippen molar-refractivity contribution in [2.24, 2.45) is 0 Å². The van der Waals surface area contributed by atoms with Crippen molar-refractivity contribution in [1.29, 1.82) is 0 Å². The fourth-order valence-corrected chi connectivity index (χ4v) is 4.49. The van der Waals surface area contributed by atoms with Gasteiger partial charge in [0.1, 0.15) is 10.5 Å². The predicted molar refractivity (Wildman–Crippen MR) is 86.0 cm³/mol. The van der Waals surface area contributed by atoms with E-state index in [9.17, 15) is 9.59 Å². The van der Waals surface area contributed by atoms with Gasteiger partial charge in [0.2, 0.25) is 0 Å². The van der Waals surface area contributed by atoms with Gasteiger partial charge in [0.05, 0.1) is 10.7 Å². The molecule has 1 saturated carbocycles. The number of aryl methyl sites for hydroxylation is 1. The summed E-state index contributed by atoms with van der Waals surface area (Å²) in [6.07, 6.45) is 4.34. The predicted octanol–water partition coefficient (Wildman–Crippen LogP) is 2.42. The maximum absolute atomic E-state index is 12.6. The molecule has 2 aliphatic rings. The number of piperidine rings is 1. The Hall–Kier alpha value is -1.47. The summed E-state index contributed by atoms with van der Waals surface area (Å²) in [5.41, 5.74) is 0.00460. The van der Waals surface area contributed by atoms with Gasteiger partial charge in [0.15, 0.2) is 0 Å². The van der Waals surface area contributed by atoms with E-state index in [0.29, 0.717) is 23.7 Å². The van der Waals surface area contributed by atoms with Gasteiger partial charge >= 0.3 is 5.97 Å². The molecule has 23 heavy (non-hydrogen) atoms. The van der Waals surface area contributed by atoms with Gasteiger partial charge in [-0.15, -0.1) is 11.3 Å². The Morgan fingerprint density at radius 1 is 1.35 bits per heavy atom. The molecule has 126 valence electrons. The van der Waals surface area contributed by atoms with Crippen LogP contribution in [0.1, 0.15) is 58.4 Å². The molecule has 7 heteroatoms. The zero-order valence-corrected chi connectivity index (χ0v) is 14.3. The molecule has 2 fully saturated rings. The molecule has 1 aromatic heterocycles. The molecule has 3 rings (SSSR count). The fourth-order valence-electron chi connectivity index (χ4n) is 3.41. The van der Waals surface area contributed by atoms with Gasteiger partial charge in [-0.05, 0) is 39.0 Å². The molecule has 1 aromatic rings. The first kappa shape index (κ1) is 16.4. The number of thiazole rings is 1. The summed E-state index contributed by atoms with van der Waals surface area (Å²) in [6, 6.07) is 0. The number of likely N-dealkylation sites (tertiary alicyclic amines) is 1. The fraction of sp³-hybridized carbons (Fsp3) is 0.688. The van der Waals surface area contributed by atoms with Crippen LogP contribution in [0.15, 0.2) is 0 Å². The highest BCUT2D eigenvalue weighted by atomic mass is 32.1. The van der Waals surface area contributed by atoms with Crippen molar-refractivity contribution in [2.75, 3.05) is 20.2 Å². The third-order valence-electron chi connectivity index (χ3n) is 5.08. The number of aromatic carboxylic acids is 1. The molecule has 6 nitrogen and oxygen atoms in total. The lowest BCUT2D eigenvalue weighted by Crippen LogP contribution is -2.56.